The summed E-state index contributed by atoms with van der Waals surface area (Å²) in [5.74, 6) is 0.803. The van der Waals surface area contributed by atoms with Crippen LogP contribution in [0.5, 0.6) is 0 Å². The van der Waals surface area contributed by atoms with Gasteiger partial charge < -0.3 is 9.67 Å². The Labute approximate surface area is 128 Å². The summed E-state index contributed by atoms with van der Waals surface area (Å²) in [5.41, 5.74) is 4.94. The average Bonchev–Trinajstić information content (AvgIpc) is 2.80. The molecule has 0 aliphatic heterocycles. The van der Waals surface area contributed by atoms with E-state index in [9.17, 15) is 5.11 Å². The topological polar surface area (TPSA) is 50.9 Å². The SMILES string of the molecule is Cc1ccc(-c2nc3cc(Cl)cnc3n2CCO)cc1C. The highest BCUT2D eigenvalue weighted by Crippen LogP contribution is 2.26. The molecule has 3 rings (SSSR count). The highest BCUT2D eigenvalue weighted by molar-refractivity contribution is 6.31. The molecule has 1 aromatic carbocycles. The second-order valence-corrected chi connectivity index (χ2v) is 5.54. The number of hydrogen-bond donors (Lipinski definition) is 1. The van der Waals surface area contributed by atoms with Crippen LogP contribution in [0.1, 0.15) is 11.1 Å². The highest BCUT2D eigenvalue weighted by Gasteiger charge is 2.14. The largest absolute Gasteiger partial charge is 0.395 e. The summed E-state index contributed by atoms with van der Waals surface area (Å²) in [7, 11) is 0. The van der Waals surface area contributed by atoms with Crippen LogP contribution in [0.15, 0.2) is 30.5 Å². The number of aromatic nitrogens is 3. The normalized spacial score (nSPS) is 11.2. The maximum absolute atomic E-state index is 9.32. The fourth-order valence-electron chi connectivity index (χ4n) is 2.40. The molecule has 0 saturated carbocycles. The van der Waals surface area contributed by atoms with E-state index in [1.54, 1.807) is 12.3 Å². The maximum Gasteiger partial charge on any atom is 0.160 e. The molecule has 4 nitrogen and oxygen atoms in total. The van der Waals surface area contributed by atoms with Crippen molar-refractivity contribution in [3.05, 3.63) is 46.6 Å². The number of rotatable bonds is 3. The molecular weight excluding hydrogens is 286 g/mol. The van der Waals surface area contributed by atoms with Crippen molar-refractivity contribution >= 4 is 22.8 Å². The van der Waals surface area contributed by atoms with Gasteiger partial charge >= 0.3 is 0 Å². The Kier molecular flexibility index (Phi) is 3.66. The third-order valence-corrected chi connectivity index (χ3v) is 3.85. The number of imidazole rings is 1. The number of hydrogen-bond acceptors (Lipinski definition) is 3. The Bertz CT molecular complexity index is 811. The second kappa shape index (κ2) is 5.47. The van der Waals surface area contributed by atoms with Crippen LogP contribution in [-0.4, -0.2) is 26.2 Å². The summed E-state index contributed by atoms with van der Waals surface area (Å²) in [6.45, 7) is 4.64. The molecule has 0 spiro atoms. The number of pyridine rings is 1. The Balaban J connectivity index is 2.24. The van der Waals surface area contributed by atoms with Gasteiger partial charge in [0.15, 0.2) is 5.65 Å². The van der Waals surface area contributed by atoms with Crippen LogP contribution in [0, 0.1) is 13.8 Å². The molecule has 3 aromatic rings. The van der Waals surface area contributed by atoms with Gasteiger partial charge in [0.2, 0.25) is 0 Å². The van der Waals surface area contributed by atoms with Crippen molar-refractivity contribution in [2.24, 2.45) is 0 Å². The molecule has 21 heavy (non-hydrogen) atoms. The van der Waals surface area contributed by atoms with Crippen LogP contribution in [-0.2, 0) is 6.54 Å². The van der Waals surface area contributed by atoms with Crippen LogP contribution < -0.4 is 0 Å². The van der Waals surface area contributed by atoms with Crippen LogP contribution >= 0.6 is 11.6 Å². The van der Waals surface area contributed by atoms with Gasteiger partial charge in [-0.1, -0.05) is 23.7 Å². The van der Waals surface area contributed by atoms with Crippen LogP contribution in [0.25, 0.3) is 22.6 Å². The van der Waals surface area contributed by atoms with E-state index in [-0.39, 0.29) is 6.61 Å². The molecule has 108 valence electrons. The predicted molar refractivity (Wildman–Crippen MR) is 84.5 cm³/mol. The van der Waals surface area contributed by atoms with Gasteiger partial charge in [-0.3, -0.25) is 0 Å². The van der Waals surface area contributed by atoms with Gasteiger partial charge in [-0.2, -0.15) is 0 Å². The lowest BCUT2D eigenvalue weighted by molar-refractivity contribution is 0.278. The van der Waals surface area contributed by atoms with Crippen molar-refractivity contribution < 1.29 is 5.11 Å². The van der Waals surface area contributed by atoms with Crippen molar-refractivity contribution in [2.45, 2.75) is 20.4 Å². The fraction of sp³-hybridized carbons (Fsp3) is 0.250. The molecule has 5 heteroatoms. The van der Waals surface area contributed by atoms with E-state index in [0.717, 1.165) is 22.6 Å². The Hall–Kier alpha value is -1.91. The summed E-state index contributed by atoms with van der Waals surface area (Å²) in [6.07, 6.45) is 1.60. The monoisotopic (exact) mass is 301 g/mol. The molecule has 0 aliphatic carbocycles. The molecule has 0 fully saturated rings. The van der Waals surface area contributed by atoms with Gasteiger partial charge in [-0.05, 0) is 37.1 Å². The second-order valence-electron chi connectivity index (χ2n) is 5.11. The van der Waals surface area contributed by atoms with Crippen molar-refractivity contribution in [2.75, 3.05) is 6.61 Å². The minimum atomic E-state index is 0.0353. The standard InChI is InChI=1S/C16H16ClN3O/c1-10-3-4-12(7-11(10)2)15-19-14-8-13(17)9-18-16(14)20(15)5-6-21/h3-4,7-9,21H,5-6H2,1-2H3. The fourth-order valence-corrected chi connectivity index (χ4v) is 2.55. The molecule has 0 saturated heterocycles. The number of fused-ring (bicyclic) bond motifs is 1. The molecule has 0 amide bonds. The van der Waals surface area contributed by atoms with E-state index in [4.69, 9.17) is 11.6 Å². The number of nitrogens with zero attached hydrogens (tertiary/aromatic N) is 3. The lowest BCUT2D eigenvalue weighted by Crippen LogP contribution is -2.05. The molecule has 1 N–H and O–H groups in total. The van der Waals surface area contributed by atoms with Crippen molar-refractivity contribution in [3.8, 4) is 11.4 Å². The first-order chi connectivity index (χ1) is 10.1. The lowest BCUT2D eigenvalue weighted by Gasteiger charge is -2.08. The zero-order chi connectivity index (χ0) is 15.0. The molecule has 0 aliphatic rings. The van der Waals surface area contributed by atoms with Gasteiger partial charge in [0, 0.05) is 18.3 Å². The van der Waals surface area contributed by atoms with Gasteiger partial charge in [-0.25, -0.2) is 9.97 Å². The van der Waals surface area contributed by atoms with E-state index in [1.165, 1.54) is 11.1 Å². The molecule has 0 atom stereocenters. The van der Waals surface area contributed by atoms with E-state index < -0.39 is 0 Å². The third kappa shape index (κ3) is 2.52. The summed E-state index contributed by atoms with van der Waals surface area (Å²) in [6, 6.07) is 8.01. The quantitative estimate of drug-likeness (QED) is 0.807. The lowest BCUT2D eigenvalue weighted by atomic mass is 10.1. The summed E-state index contributed by atoms with van der Waals surface area (Å²) >= 11 is 5.99. The number of aliphatic hydroxyl groups excluding tert-OH is 1. The maximum atomic E-state index is 9.32. The van der Waals surface area contributed by atoms with E-state index in [0.29, 0.717) is 11.6 Å². The first kappa shape index (κ1) is 14.0. The molecule has 0 radical (unpaired) electrons. The average molecular weight is 302 g/mol. The zero-order valence-corrected chi connectivity index (χ0v) is 12.7. The van der Waals surface area contributed by atoms with Gasteiger partial charge in [0.25, 0.3) is 0 Å². The van der Waals surface area contributed by atoms with E-state index >= 15 is 0 Å². The van der Waals surface area contributed by atoms with Crippen LogP contribution in [0.4, 0.5) is 0 Å². The van der Waals surface area contributed by atoms with Crippen LogP contribution in [0.3, 0.4) is 0 Å². The first-order valence-electron chi connectivity index (χ1n) is 6.80. The number of halogens is 1. The molecule has 2 heterocycles. The smallest absolute Gasteiger partial charge is 0.160 e. The number of aliphatic hydroxyl groups is 1. The third-order valence-electron chi connectivity index (χ3n) is 3.64. The first-order valence-corrected chi connectivity index (χ1v) is 7.18. The predicted octanol–water partition coefficient (Wildman–Crippen LogP) is 3.36. The number of benzene rings is 1. The Morgan fingerprint density at radius 2 is 2.00 bits per heavy atom. The zero-order valence-electron chi connectivity index (χ0n) is 12.0. The Morgan fingerprint density at radius 1 is 1.19 bits per heavy atom. The van der Waals surface area contributed by atoms with E-state index in [1.807, 2.05) is 10.6 Å². The van der Waals surface area contributed by atoms with E-state index in [2.05, 4.69) is 35.9 Å². The summed E-state index contributed by atoms with van der Waals surface area (Å²) < 4.78 is 1.93. The van der Waals surface area contributed by atoms with Gasteiger partial charge in [-0.15, -0.1) is 0 Å². The minimum absolute atomic E-state index is 0.0353. The summed E-state index contributed by atoms with van der Waals surface area (Å²) in [4.78, 5) is 8.98. The van der Waals surface area contributed by atoms with Crippen molar-refractivity contribution in [3.63, 3.8) is 0 Å². The van der Waals surface area contributed by atoms with Crippen molar-refractivity contribution in [1.82, 2.24) is 14.5 Å². The summed E-state index contributed by atoms with van der Waals surface area (Å²) in [5, 5.41) is 9.88. The highest BCUT2D eigenvalue weighted by atomic mass is 35.5. The van der Waals surface area contributed by atoms with Gasteiger partial charge in [0.05, 0.1) is 11.6 Å². The minimum Gasteiger partial charge on any atom is -0.395 e. The molecule has 2 aromatic heterocycles. The Morgan fingerprint density at radius 3 is 2.71 bits per heavy atom. The molecule has 0 unspecified atom stereocenters. The molecule has 0 bridgehead atoms. The molecular formula is C16H16ClN3O. The van der Waals surface area contributed by atoms with Gasteiger partial charge in [0.1, 0.15) is 11.3 Å². The van der Waals surface area contributed by atoms with Crippen LogP contribution in [0.2, 0.25) is 5.02 Å². The van der Waals surface area contributed by atoms with Crippen molar-refractivity contribution in [1.29, 1.82) is 0 Å². The number of aryl methyl sites for hydroxylation is 2.